The van der Waals surface area contributed by atoms with Crippen LogP contribution in [-0.2, 0) is 0 Å². The van der Waals surface area contributed by atoms with Crippen LogP contribution in [0.1, 0.15) is 43.2 Å². The summed E-state index contributed by atoms with van der Waals surface area (Å²) in [6.45, 7) is 4.41. The zero-order chi connectivity index (χ0) is 10.6. The molecule has 1 heterocycles. The molecule has 15 heavy (non-hydrogen) atoms. The van der Waals surface area contributed by atoms with Gasteiger partial charge in [0.25, 0.3) is 0 Å². The third-order valence-corrected chi connectivity index (χ3v) is 3.54. The van der Waals surface area contributed by atoms with Gasteiger partial charge in [0, 0.05) is 5.92 Å². The smallest absolute Gasteiger partial charge is 0.103 e. The molecule has 0 amide bonds. The summed E-state index contributed by atoms with van der Waals surface area (Å²) in [5.41, 5.74) is 9.77. The SMILES string of the molecule is CC(C)c1ccc2c(c1)N=C(N)[C@H]1C[C@@H]21. The molecular weight excluding hydrogens is 184 g/mol. The number of hydrogen-bond acceptors (Lipinski definition) is 2. The van der Waals surface area contributed by atoms with Crippen molar-refractivity contribution in [2.45, 2.75) is 32.1 Å². The van der Waals surface area contributed by atoms with E-state index in [1.807, 2.05) is 0 Å². The monoisotopic (exact) mass is 200 g/mol. The van der Waals surface area contributed by atoms with Crippen molar-refractivity contribution < 1.29 is 0 Å². The van der Waals surface area contributed by atoms with Crippen LogP contribution in [0.3, 0.4) is 0 Å². The number of rotatable bonds is 1. The van der Waals surface area contributed by atoms with E-state index in [1.165, 1.54) is 17.5 Å². The normalized spacial score (nSPS) is 27.0. The van der Waals surface area contributed by atoms with Crippen LogP contribution in [0.15, 0.2) is 23.2 Å². The second kappa shape index (κ2) is 2.84. The third kappa shape index (κ3) is 1.28. The average molecular weight is 200 g/mol. The fraction of sp³-hybridized carbons (Fsp3) is 0.462. The van der Waals surface area contributed by atoms with Gasteiger partial charge in [-0.1, -0.05) is 26.0 Å². The Balaban J connectivity index is 2.10. The van der Waals surface area contributed by atoms with Gasteiger partial charge in [-0.25, -0.2) is 4.99 Å². The van der Waals surface area contributed by atoms with Crippen molar-refractivity contribution in [2.24, 2.45) is 16.6 Å². The fourth-order valence-electron chi connectivity index (χ4n) is 2.42. The minimum Gasteiger partial charge on any atom is -0.387 e. The van der Waals surface area contributed by atoms with Crippen molar-refractivity contribution >= 4 is 11.5 Å². The van der Waals surface area contributed by atoms with E-state index < -0.39 is 0 Å². The molecule has 1 aliphatic heterocycles. The third-order valence-electron chi connectivity index (χ3n) is 3.54. The van der Waals surface area contributed by atoms with Crippen LogP contribution in [-0.4, -0.2) is 5.84 Å². The summed E-state index contributed by atoms with van der Waals surface area (Å²) in [7, 11) is 0. The summed E-state index contributed by atoms with van der Waals surface area (Å²) >= 11 is 0. The Morgan fingerprint density at radius 2 is 2.13 bits per heavy atom. The highest BCUT2D eigenvalue weighted by atomic mass is 14.9. The number of hydrogen-bond donors (Lipinski definition) is 1. The lowest BCUT2D eigenvalue weighted by molar-refractivity contribution is 0.863. The predicted molar refractivity (Wildman–Crippen MR) is 62.7 cm³/mol. The summed E-state index contributed by atoms with van der Waals surface area (Å²) in [6, 6.07) is 6.67. The van der Waals surface area contributed by atoms with Crippen molar-refractivity contribution in [3.63, 3.8) is 0 Å². The molecule has 3 rings (SSSR count). The van der Waals surface area contributed by atoms with Crippen LogP contribution >= 0.6 is 0 Å². The van der Waals surface area contributed by atoms with Crippen LogP contribution < -0.4 is 5.73 Å². The quantitative estimate of drug-likeness (QED) is 0.743. The number of aliphatic imine (C=N–C) groups is 1. The predicted octanol–water partition coefficient (Wildman–Crippen LogP) is 2.92. The zero-order valence-electron chi connectivity index (χ0n) is 9.20. The molecule has 1 aromatic rings. The molecule has 1 fully saturated rings. The Labute approximate surface area is 90.2 Å². The van der Waals surface area contributed by atoms with Crippen LogP contribution in [0, 0.1) is 5.92 Å². The second-order valence-corrected chi connectivity index (χ2v) is 4.96. The number of nitrogens with two attached hydrogens (primary N) is 1. The standard InChI is InChI=1S/C13H16N2/c1-7(2)8-3-4-9-10-6-11(10)13(14)15-12(9)5-8/h3-5,7,10-11H,6H2,1-2H3,(H2,14,15)/t10-,11-/m0/s1. The van der Waals surface area contributed by atoms with Gasteiger partial charge in [-0.15, -0.1) is 0 Å². The molecule has 1 aromatic carbocycles. The summed E-state index contributed by atoms with van der Waals surface area (Å²) in [5.74, 6) is 2.61. The van der Waals surface area contributed by atoms with E-state index in [2.05, 4.69) is 37.0 Å². The molecule has 0 unspecified atom stereocenters. The highest BCUT2D eigenvalue weighted by Crippen LogP contribution is 2.53. The molecule has 1 saturated carbocycles. The van der Waals surface area contributed by atoms with Gasteiger partial charge in [-0.2, -0.15) is 0 Å². The highest BCUT2D eigenvalue weighted by molar-refractivity contribution is 5.92. The van der Waals surface area contributed by atoms with E-state index in [4.69, 9.17) is 5.73 Å². The average Bonchev–Trinajstić information content (AvgIpc) is 2.97. The van der Waals surface area contributed by atoms with Gasteiger partial charge in [0.2, 0.25) is 0 Å². The number of nitrogens with zero attached hydrogens (tertiary/aromatic N) is 1. The molecule has 78 valence electrons. The Bertz CT molecular complexity index is 446. The van der Waals surface area contributed by atoms with E-state index >= 15 is 0 Å². The first-order valence-corrected chi connectivity index (χ1v) is 5.64. The van der Waals surface area contributed by atoms with Gasteiger partial charge >= 0.3 is 0 Å². The van der Waals surface area contributed by atoms with Crippen LogP contribution in [0.5, 0.6) is 0 Å². The van der Waals surface area contributed by atoms with Gasteiger partial charge in [0.15, 0.2) is 0 Å². The highest BCUT2D eigenvalue weighted by Gasteiger charge is 2.44. The van der Waals surface area contributed by atoms with E-state index in [1.54, 1.807) is 0 Å². The maximum Gasteiger partial charge on any atom is 0.103 e. The maximum absolute atomic E-state index is 5.91. The summed E-state index contributed by atoms with van der Waals surface area (Å²) in [4.78, 5) is 4.51. The van der Waals surface area contributed by atoms with E-state index in [9.17, 15) is 0 Å². The maximum atomic E-state index is 5.91. The summed E-state index contributed by atoms with van der Waals surface area (Å²) in [5, 5.41) is 0. The second-order valence-electron chi connectivity index (χ2n) is 4.96. The number of amidine groups is 1. The van der Waals surface area contributed by atoms with Crippen LogP contribution in [0.25, 0.3) is 0 Å². The first kappa shape index (κ1) is 8.96. The molecule has 2 heteroatoms. The van der Waals surface area contributed by atoms with Gasteiger partial charge in [-0.3, -0.25) is 0 Å². The van der Waals surface area contributed by atoms with Crippen molar-refractivity contribution in [3.05, 3.63) is 29.3 Å². The molecule has 0 radical (unpaired) electrons. The van der Waals surface area contributed by atoms with Crippen molar-refractivity contribution in [2.75, 3.05) is 0 Å². The molecule has 2 aliphatic rings. The van der Waals surface area contributed by atoms with Gasteiger partial charge in [0.1, 0.15) is 5.84 Å². The largest absolute Gasteiger partial charge is 0.387 e. The molecule has 2 atom stereocenters. The van der Waals surface area contributed by atoms with Crippen molar-refractivity contribution in [1.29, 1.82) is 0 Å². The van der Waals surface area contributed by atoms with Crippen LogP contribution in [0.4, 0.5) is 5.69 Å². The lowest BCUT2D eigenvalue weighted by Crippen LogP contribution is -2.17. The first-order valence-electron chi connectivity index (χ1n) is 5.64. The topological polar surface area (TPSA) is 38.4 Å². The molecule has 0 aromatic heterocycles. The molecule has 2 N–H and O–H groups in total. The Hall–Kier alpha value is -1.31. The van der Waals surface area contributed by atoms with Gasteiger partial charge < -0.3 is 5.73 Å². The lowest BCUT2D eigenvalue weighted by atomic mass is 9.96. The summed E-state index contributed by atoms with van der Waals surface area (Å²) < 4.78 is 0. The Morgan fingerprint density at radius 1 is 1.33 bits per heavy atom. The minimum atomic E-state index is 0.544. The van der Waals surface area contributed by atoms with E-state index in [0.717, 1.165) is 11.5 Å². The molecular formula is C13H16N2. The van der Waals surface area contributed by atoms with E-state index in [0.29, 0.717) is 17.8 Å². The zero-order valence-corrected chi connectivity index (χ0v) is 9.20. The molecule has 0 spiro atoms. The molecule has 0 bridgehead atoms. The number of fused-ring (bicyclic) bond motifs is 3. The molecule has 2 nitrogen and oxygen atoms in total. The molecule has 0 saturated heterocycles. The Morgan fingerprint density at radius 3 is 2.87 bits per heavy atom. The Kier molecular flexibility index (Phi) is 1.70. The van der Waals surface area contributed by atoms with Gasteiger partial charge in [0.05, 0.1) is 5.69 Å². The number of benzene rings is 1. The minimum absolute atomic E-state index is 0.544. The lowest BCUT2D eigenvalue weighted by Gasteiger charge is -2.14. The van der Waals surface area contributed by atoms with Crippen molar-refractivity contribution in [3.8, 4) is 0 Å². The summed E-state index contributed by atoms with van der Waals surface area (Å²) in [6.07, 6.45) is 1.20. The van der Waals surface area contributed by atoms with Gasteiger partial charge in [-0.05, 0) is 35.4 Å². The fourth-order valence-corrected chi connectivity index (χ4v) is 2.42. The van der Waals surface area contributed by atoms with Crippen LogP contribution in [0.2, 0.25) is 0 Å². The van der Waals surface area contributed by atoms with E-state index in [-0.39, 0.29) is 0 Å². The molecule has 1 aliphatic carbocycles. The van der Waals surface area contributed by atoms with Crippen molar-refractivity contribution in [1.82, 2.24) is 0 Å². The first-order chi connectivity index (χ1) is 7.16.